The van der Waals surface area contributed by atoms with Gasteiger partial charge in [-0.2, -0.15) is 0 Å². The van der Waals surface area contributed by atoms with Gasteiger partial charge >= 0.3 is 11.9 Å². The average molecular weight is 248 g/mol. The van der Waals surface area contributed by atoms with Gasteiger partial charge in [-0.15, -0.1) is 0 Å². The molecule has 0 saturated carbocycles. The fraction of sp³-hybridized carbons (Fsp3) is 0.286. The predicted molar refractivity (Wildman–Crippen MR) is 67.6 cm³/mol. The summed E-state index contributed by atoms with van der Waals surface area (Å²) in [4.78, 5) is 23.4. The van der Waals surface area contributed by atoms with E-state index in [0.29, 0.717) is 5.57 Å². The van der Waals surface area contributed by atoms with E-state index in [4.69, 9.17) is 0 Å². The number of hydrogen-bond acceptors (Lipinski definition) is 4. The maximum atomic E-state index is 11.7. The summed E-state index contributed by atoms with van der Waals surface area (Å²) in [7, 11) is 2.49. The summed E-state index contributed by atoms with van der Waals surface area (Å²) in [6, 6.07) is 9.19. The highest BCUT2D eigenvalue weighted by atomic mass is 16.5. The Bertz CT molecular complexity index is 432. The molecule has 0 saturated heterocycles. The molecule has 0 spiro atoms. The molecule has 0 N–H and O–H groups in total. The molecule has 18 heavy (non-hydrogen) atoms. The van der Waals surface area contributed by atoms with Gasteiger partial charge in [0.1, 0.15) is 0 Å². The smallest absolute Gasteiger partial charge is 0.324 e. The number of carbonyl (C=O) groups is 2. The molecule has 0 aliphatic rings. The van der Waals surface area contributed by atoms with Crippen molar-refractivity contribution in [1.29, 1.82) is 0 Å². The van der Waals surface area contributed by atoms with Crippen LogP contribution in [0.5, 0.6) is 0 Å². The SMILES string of the molecule is C/C=C(\c1ccccc1)C(C(=O)OC)C(=O)OC. The maximum absolute atomic E-state index is 11.7. The number of allylic oxidation sites excluding steroid dienone is 1. The van der Waals surface area contributed by atoms with E-state index >= 15 is 0 Å². The third-order valence-electron chi connectivity index (χ3n) is 2.60. The molecule has 0 heterocycles. The minimum Gasteiger partial charge on any atom is -0.468 e. The summed E-state index contributed by atoms with van der Waals surface area (Å²) in [5.74, 6) is -2.30. The first-order chi connectivity index (χ1) is 8.65. The molecule has 1 aromatic carbocycles. The van der Waals surface area contributed by atoms with Crippen molar-refractivity contribution in [3.8, 4) is 0 Å². The number of ether oxygens (including phenoxy) is 2. The molecular formula is C14H16O4. The summed E-state index contributed by atoms with van der Waals surface area (Å²) in [5.41, 5.74) is 1.37. The van der Waals surface area contributed by atoms with Crippen molar-refractivity contribution in [2.45, 2.75) is 6.92 Å². The van der Waals surface area contributed by atoms with Crippen molar-refractivity contribution >= 4 is 17.5 Å². The van der Waals surface area contributed by atoms with Crippen molar-refractivity contribution in [2.75, 3.05) is 14.2 Å². The number of carbonyl (C=O) groups excluding carboxylic acids is 2. The molecule has 0 fully saturated rings. The van der Waals surface area contributed by atoms with Gasteiger partial charge in [-0.1, -0.05) is 36.4 Å². The van der Waals surface area contributed by atoms with Gasteiger partial charge in [0.2, 0.25) is 0 Å². The molecule has 0 unspecified atom stereocenters. The van der Waals surface area contributed by atoms with Gasteiger partial charge in [-0.05, 0) is 18.1 Å². The largest absolute Gasteiger partial charge is 0.468 e. The highest BCUT2D eigenvalue weighted by Gasteiger charge is 2.32. The van der Waals surface area contributed by atoms with Crippen molar-refractivity contribution < 1.29 is 19.1 Å². The zero-order chi connectivity index (χ0) is 13.5. The van der Waals surface area contributed by atoms with E-state index in [1.54, 1.807) is 13.0 Å². The number of rotatable bonds is 4. The molecule has 4 nitrogen and oxygen atoms in total. The van der Waals surface area contributed by atoms with Gasteiger partial charge < -0.3 is 9.47 Å². The third kappa shape index (κ3) is 2.97. The number of esters is 2. The predicted octanol–water partition coefficient (Wildman–Crippen LogP) is 2.05. The van der Waals surface area contributed by atoms with Crippen molar-refractivity contribution in [3.05, 3.63) is 42.0 Å². The van der Waals surface area contributed by atoms with Crippen LogP contribution < -0.4 is 0 Å². The van der Waals surface area contributed by atoms with Crippen LogP contribution in [-0.4, -0.2) is 26.2 Å². The van der Waals surface area contributed by atoms with Crippen LogP contribution in [0.15, 0.2) is 36.4 Å². The second kappa shape index (κ2) is 6.59. The fourth-order valence-electron chi connectivity index (χ4n) is 1.72. The Morgan fingerprint density at radius 3 is 1.94 bits per heavy atom. The standard InChI is InChI=1S/C14H16O4/c1-4-11(10-8-6-5-7-9-10)12(13(15)17-2)14(16)18-3/h4-9,12H,1-3H3/b11-4+. The van der Waals surface area contributed by atoms with Crippen molar-refractivity contribution in [1.82, 2.24) is 0 Å². The first kappa shape index (κ1) is 14.0. The number of hydrogen-bond donors (Lipinski definition) is 0. The van der Waals surface area contributed by atoms with E-state index in [2.05, 4.69) is 9.47 Å². The Morgan fingerprint density at radius 2 is 1.56 bits per heavy atom. The summed E-state index contributed by atoms with van der Waals surface area (Å²) in [6.45, 7) is 1.77. The normalized spacial score (nSPS) is 11.2. The molecule has 1 aromatic rings. The average Bonchev–Trinajstić information content (AvgIpc) is 2.44. The van der Waals surface area contributed by atoms with Crippen LogP contribution in [0, 0.1) is 5.92 Å². The molecule has 0 aliphatic heterocycles. The van der Waals surface area contributed by atoms with Crippen LogP contribution in [0.1, 0.15) is 12.5 Å². The Balaban J connectivity index is 3.18. The fourth-order valence-corrected chi connectivity index (χ4v) is 1.72. The second-order valence-corrected chi connectivity index (χ2v) is 3.59. The van der Waals surface area contributed by atoms with Crippen LogP contribution in [0.2, 0.25) is 0 Å². The molecule has 0 aromatic heterocycles. The van der Waals surface area contributed by atoms with Gasteiger partial charge in [0.15, 0.2) is 5.92 Å². The number of methoxy groups -OCH3 is 2. The third-order valence-corrected chi connectivity index (χ3v) is 2.60. The van der Waals surface area contributed by atoms with Crippen molar-refractivity contribution in [2.24, 2.45) is 5.92 Å². The topological polar surface area (TPSA) is 52.6 Å². The first-order valence-corrected chi connectivity index (χ1v) is 5.53. The quantitative estimate of drug-likeness (QED) is 0.604. The molecule has 0 bridgehead atoms. The zero-order valence-electron chi connectivity index (χ0n) is 10.7. The minimum atomic E-state index is -1.05. The molecule has 0 amide bonds. The van der Waals surface area contributed by atoms with Crippen LogP contribution in [0.25, 0.3) is 5.57 Å². The van der Waals surface area contributed by atoms with Gasteiger partial charge in [0.05, 0.1) is 14.2 Å². The summed E-state index contributed by atoms with van der Waals surface area (Å²) < 4.78 is 9.32. The lowest BCUT2D eigenvalue weighted by molar-refractivity contribution is -0.155. The van der Waals surface area contributed by atoms with Crippen LogP contribution in [0.3, 0.4) is 0 Å². The van der Waals surface area contributed by atoms with E-state index in [-0.39, 0.29) is 0 Å². The Hall–Kier alpha value is -2.10. The van der Waals surface area contributed by atoms with Gasteiger partial charge in [-0.3, -0.25) is 9.59 Å². The zero-order valence-corrected chi connectivity index (χ0v) is 10.7. The van der Waals surface area contributed by atoms with E-state index < -0.39 is 17.9 Å². The van der Waals surface area contributed by atoms with E-state index in [9.17, 15) is 9.59 Å². The second-order valence-electron chi connectivity index (χ2n) is 3.59. The molecule has 1 rings (SSSR count). The molecule has 0 atom stereocenters. The van der Waals surface area contributed by atoms with E-state index in [1.165, 1.54) is 14.2 Å². The van der Waals surface area contributed by atoms with Gasteiger partial charge in [0.25, 0.3) is 0 Å². The Labute approximate surface area is 106 Å². The minimum absolute atomic E-state index is 0.578. The maximum Gasteiger partial charge on any atom is 0.324 e. The first-order valence-electron chi connectivity index (χ1n) is 5.53. The van der Waals surface area contributed by atoms with E-state index in [0.717, 1.165) is 5.56 Å². The molecule has 0 aliphatic carbocycles. The van der Waals surface area contributed by atoms with E-state index in [1.807, 2.05) is 30.3 Å². The highest BCUT2D eigenvalue weighted by molar-refractivity contribution is 6.06. The van der Waals surface area contributed by atoms with Crippen LogP contribution in [-0.2, 0) is 19.1 Å². The summed E-state index contributed by atoms with van der Waals surface area (Å²) in [6.07, 6.45) is 1.72. The summed E-state index contributed by atoms with van der Waals surface area (Å²) >= 11 is 0. The monoisotopic (exact) mass is 248 g/mol. The van der Waals surface area contributed by atoms with Crippen LogP contribution >= 0.6 is 0 Å². The van der Waals surface area contributed by atoms with Gasteiger partial charge in [-0.25, -0.2) is 0 Å². The molecule has 0 radical (unpaired) electrons. The van der Waals surface area contributed by atoms with Gasteiger partial charge in [0, 0.05) is 0 Å². The highest BCUT2D eigenvalue weighted by Crippen LogP contribution is 2.25. The summed E-state index contributed by atoms with van der Waals surface area (Å²) in [5, 5.41) is 0. The molecule has 4 heteroatoms. The Kier molecular flexibility index (Phi) is 5.11. The lowest BCUT2D eigenvalue weighted by Crippen LogP contribution is -2.27. The Morgan fingerprint density at radius 1 is 1.06 bits per heavy atom. The lowest BCUT2D eigenvalue weighted by atomic mass is 9.92. The van der Waals surface area contributed by atoms with Crippen molar-refractivity contribution in [3.63, 3.8) is 0 Å². The number of benzene rings is 1. The van der Waals surface area contributed by atoms with Crippen LogP contribution in [0.4, 0.5) is 0 Å². The lowest BCUT2D eigenvalue weighted by Gasteiger charge is -2.16. The molecule has 96 valence electrons. The molecular weight excluding hydrogens is 232 g/mol.